The van der Waals surface area contributed by atoms with Crippen molar-refractivity contribution in [1.82, 2.24) is 10.2 Å². The molecule has 1 heterocycles. The minimum atomic E-state index is -0.717. The molecule has 3 amide bonds. The number of anilines is 1. The summed E-state index contributed by atoms with van der Waals surface area (Å²) in [6.07, 6.45) is 6.87. The van der Waals surface area contributed by atoms with Crippen LogP contribution in [0.2, 0.25) is 0 Å². The lowest BCUT2D eigenvalue weighted by Gasteiger charge is -2.37. The van der Waals surface area contributed by atoms with Crippen molar-refractivity contribution in [2.24, 2.45) is 5.92 Å². The minimum absolute atomic E-state index is 0.0265. The minimum Gasteiger partial charge on any atom is -0.463 e. The van der Waals surface area contributed by atoms with E-state index in [9.17, 15) is 14.4 Å². The van der Waals surface area contributed by atoms with E-state index in [-0.39, 0.29) is 24.5 Å². The first-order valence-electron chi connectivity index (χ1n) is 13.5. The van der Waals surface area contributed by atoms with Gasteiger partial charge in [0.2, 0.25) is 5.91 Å². The number of hydrogen-bond acceptors (Lipinski definition) is 4. The molecule has 0 saturated heterocycles. The molecule has 196 valence electrons. The topological polar surface area (TPSA) is 87.7 Å². The number of rotatable bonds is 9. The average molecular weight is 504 g/mol. The number of carbonyl (C=O) groups is 3. The molecule has 1 saturated carbocycles. The molecule has 1 aliphatic heterocycles. The van der Waals surface area contributed by atoms with Crippen LogP contribution in [0.1, 0.15) is 76.0 Å². The first kappa shape index (κ1) is 26.5. The summed E-state index contributed by atoms with van der Waals surface area (Å²) in [6.45, 7) is 4.54. The summed E-state index contributed by atoms with van der Waals surface area (Å²) < 4.78 is 5.50. The molecule has 2 N–H and O–H groups in total. The summed E-state index contributed by atoms with van der Waals surface area (Å²) in [5, 5.41) is 6.10. The Hall–Kier alpha value is -3.61. The number of carbonyl (C=O) groups excluding carboxylic acids is 3. The second kappa shape index (κ2) is 12.6. The summed E-state index contributed by atoms with van der Waals surface area (Å²) >= 11 is 0. The zero-order chi connectivity index (χ0) is 26.2. The number of urea groups is 1. The molecule has 7 nitrogen and oxygen atoms in total. The molecule has 0 radical (unpaired) electrons. The van der Waals surface area contributed by atoms with Gasteiger partial charge in [0.1, 0.15) is 0 Å². The normalized spacial score (nSPS) is 18.4. The van der Waals surface area contributed by atoms with E-state index in [1.807, 2.05) is 54.6 Å². The summed E-state index contributed by atoms with van der Waals surface area (Å²) in [5.41, 5.74) is 3.10. The molecule has 1 fully saturated rings. The highest BCUT2D eigenvalue weighted by molar-refractivity contribution is 6.04. The third kappa shape index (κ3) is 6.21. The third-order valence-corrected chi connectivity index (χ3v) is 7.07. The van der Waals surface area contributed by atoms with Gasteiger partial charge in [-0.2, -0.15) is 0 Å². The number of unbranched alkanes of at least 4 members (excludes halogenated alkanes) is 1. The van der Waals surface area contributed by atoms with Crippen LogP contribution in [0.3, 0.4) is 0 Å². The SMILES string of the molecule is CCCCN1C(=O)NC(c2cccc(NC(=O)C3CCCCC3)c2)C(C(=O)OCC)=C1c1ccccc1. The predicted molar refractivity (Wildman–Crippen MR) is 145 cm³/mol. The second-order valence-corrected chi connectivity index (χ2v) is 9.69. The number of esters is 1. The molecule has 2 aromatic rings. The molecule has 2 aliphatic rings. The standard InChI is InChI=1S/C30H37N3O4/c1-3-5-19-33-27(21-13-8-6-9-14-21)25(29(35)37-4-2)26(32-30(33)36)23-17-12-18-24(20-23)31-28(34)22-15-10-7-11-16-22/h6,8-9,12-14,17-18,20,22,26H,3-5,7,10-11,15-16,19H2,1-2H3,(H,31,34)(H,32,36). The molecular formula is C30H37N3O4. The summed E-state index contributed by atoms with van der Waals surface area (Å²) in [7, 11) is 0. The molecule has 1 atom stereocenters. The largest absolute Gasteiger partial charge is 0.463 e. The molecule has 37 heavy (non-hydrogen) atoms. The van der Waals surface area contributed by atoms with Crippen molar-refractivity contribution >= 4 is 29.3 Å². The molecule has 1 aliphatic carbocycles. The highest BCUT2D eigenvalue weighted by Crippen LogP contribution is 2.37. The molecule has 0 spiro atoms. The van der Waals surface area contributed by atoms with Crippen LogP contribution in [0.5, 0.6) is 0 Å². The van der Waals surface area contributed by atoms with E-state index in [1.165, 1.54) is 6.42 Å². The van der Waals surface area contributed by atoms with E-state index >= 15 is 0 Å². The molecule has 2 aromatic carbocycles. The number of nitrogens with one attached hydrogen (secondary N) is 2. The number of benzene rings is 2. The van der Waals surface area contributed by atoms with Gasteiger partial charge in [-0.15, -0.1) is 0 Å². The van der Waals surface area contributed by atoms with Gasteiger partial charge in [0.05, 0.1) is 23.9 Å². The molecule has 1 unspecified atom stereocenters. The van der Waals surface area contributed by atoms with Crippen molar-refractivity contribution in [3.63, 3.8) is 0 Å². The Bertz CT molecular complexity index is 1140. The van der Waals surface area contributed by atoms with Crippen molar-refractivity contribution in [2.45, 2.75) is 64.8 Å². The van der Waals surface area contributed by atoms with Gasteiger partial charge in [0.15, 0.2) is 0 Å². The van der Waals surface area contributed by atoms with E-state index < -0.39 is 12.0 Å². The summed E-state index contributed by atoms with van der Waals surface area (Å²) in [6, 6.07) is 15.9. The smallest absolute Gasteiger partial charge is 0.338 e. The maximum absolute atomic E-state index is 13.4. The predicted octanol–water partition coefficient (Wildman–Crippen LogP) is 6.05. The van der Waals surface area contributed by atoms with Crippen molar-refractivity contribution < 1.29 is 19.1 Å². The van der Waals surface area contributed by atoms with Crippen LogP contribution in [0.15, 0.2) is 60.2 Å². The van der Waals surface area contributed by atoms with Crippen LogP contribution >= 0.6 is 0 Å². The molecular weight excluding hydrogens is 466 g/mol. The first-order valence-corrected chi connectivity index (χ1v) is 13.5. The van der Waals surface area contributed by atoms with Gasteiger partial charge in [-0.25, -0.2) is 9.59 Å². The van der Waals surface area contributed by atoms with Crippen LogP contribution in [0.4, 0.5) is 10.5 Å². The maximum Gasteiger partial charge on any atom is 0.338 e. The van der Waals surface area contributed by atoms with E-state index in [4.69, 9.17) is 4.74 Å². The van der Waals surface area contributed by atoms with Crippen LogP contribution in [0, 0.1) is 5.92 Å². The van der Waals surface area contributed by atoms with Gasteiger partial charge in [0.25, 0.3) is 0 Å². The van der Waals surface area contributed by atoms with Crippen LogP contribution in [0.25, 0.3) is 5.70 Å². The van der Waals surface area contributed by atoms with Gasteiger partial charge < -0.3 is 15.4 Å². The maximum atomic E-state index is 13.4. The Morgan fingerprint density at radius 3 is 2.49 bits per heavy atom. The van der Waals surface area contributed by atoms with Gasteiger partial charge >= 0.3 is 12.0 Å². The van der Waals surface area contributed by atoms with Gasteiger partial charge in [-0.05, 0) is 49.4 Å². The van der Waals surface area contributed by atoms with Crippen molar-refractivity contribution in [1.29, 1.82) is 0 Å². The van der Waals surface area contributed by atoms with Gasteiger partial charge in [-0.1, -0.05) is 75.1 Å². The summed E-state index contributed by atoms with van der Waals surface area (Å²) in [4.78, 5) is 41.4. The highest BCUT2D eigenvalue weighted by Gasteiger charge is 2.38. The fourth-order valence-electron chi connectivity index (χ4n) is 5.17. The van der Waals surface area contributed by atoms with Crippen LogP contribution in [-0.4, -0.2) is 36.0 Å². The number of hydrogen-bond donors (Lipinski definition) is 2. The Kier molecular flexibility index (Phi) is 8.99. The van der Waals surface area contributed by atoms with Crippen LogP contribution in [-0.2, 0) is 14.3 Å². The van der Waals surface area contributed by atoms with Crippen LogP contribution < -0.4 is 10.6 Å². The first-order chi connectivity index (χ1) is 18.0. The quantitative estimate of drug-likeness (QED) is 0.408. The van der Waals surface area contributed by atoms with Gasteiger partial charge in [0, 0.05) is 18.2 Å². The van der Waals surface area contributed by atoms with Crippen molar-refractivity contribution in [3.05, 3.63) is 71.3 Å². The Labute approximate surface area is 219 Å². The highest BCUT2D eigenvalue weighted by atomic mass is 16.5. The zero-order valence-electron chi connectivity index (χ0n) is 21.8. The summed E-state index contributed by atoms with van der Waals surface area (Å²) in [5.74, 6) is -0.413. The monoisotopic (exact) mass is 503 g/mol. The Balaban J connectivity index is 1.75. The van der Waals surface area contributed by atoms with Crippen molar-refractivity contribution in [2.75, 3.05) is 18.5 Å². The third-order valence-electron chi connectivity index (χ3n) is 7.07. The Morgan fingerprint density at radius 1 is 1.03 bits per heavy atom. The molecule has 4 rings (SSSR count). The molecule has 7 heteroatoms. The zero-order valence-corrected chi connectivity index (χ0v) is 21.8. The van der Waals surface area contributed by atoms with E-state index in [2.05, 4.69) is 17.6 Å². The molecule has 0 aromatic heterocycles. The number of ether oxygens (including phenoxy) is 1. The lowest BCUT2D eigenvalue weighted by atomic mass is 9.88. The lowest BCUT2D eigenvalue weighted by Crippen LogP contribution is -2.48. The number of nitrogens with zero attached hydrogens (tertiary/aromatic N) is 1. The van der Waals surface area contributed by atoms with E-state index in [0.29, 0.717) is 29.1 Å². The average Bonchev–Trinajstić information content (AvgIpc) is 2.93. The fourth-order valence-corrected chi connectivity index (χ4v) is 5.17. The lowest BCUT2D eigenvalue weighted by molar-refractivity contribution is -0.139. The molecule has 0 bridgehead atoms. The fraction of sp³-hybridized carbons (Fsp3) is 0.433. The number of amides is 3. The van der Waals surface area contributed by atoms with Crippen molar-refractivity contribution in [3.8, 4) is 0 Å². The van der Waals surface area contributed by atoms with Gasteiger partial charge in [-0.3, -0.25) is 9.69 Å². The van der Waals surface area contributed by atoms with E-state index in [0.717, 1.165) is 44.1 Å². The Morgan fingerprint density at radius 2 is 1.78 bits per heavy atom. The van der Waals surface area contributed by atoms with E-state index in [1.54, 1.807) is 11.8 Å². The second-order valence-electron chi connectivity index (χ2n) is 9.69.